The summed E-state index contributed by atoms with van der Waals surface area (Å²) >= 11 is 0. The minimum absolute atomic E-state index is 0.0165. The molecule has 28 heavy (non-hydrogen) atoms. The van der Waals surface area contributed by atoms with Crippen LogP contribution < -0.4 is 0 Å². The lowest BCUT2D eigenvalue weighted by Gasteiger charge is -2.23. The molecule has 0 saturated carbocycles. The van der Waals surface area contributed by atoms with Crippen molar-refractivity contribution in [2.75, 3.05) is 26.2 Å². The van der Waals surface area contributed by atoms with Gasteiger partial charge in [0.25, 0.3) is 5.91 Å². The number of aromatic amines is 1. The van der Waals surface area contributed by atoms with Crippen molar-refractivity contribution in [3.63, 3.8) is 0 Å². The van der Waals surface area contributed by atoms with E-state index in [1.54, 1.807) is 24.4 Å². The number of likely N-dealkylation sites (tertiary alicyclic amines) is 2. The lowest BCUT2D eigenvalue weighted by molar-refractivity contribution is 0.0787. The molecule has 1 aromatic heterocycles. The van der Waals surface area contributed by atoms with Crippen LogP contribution in [-0.4, -0.2) is 58.7 Å². The maximum Gasteiger partial charge on any atom is 0.270 e. The molecule has 0 spiro atoms. The van der Waals surface area contributed by atoms with Crippen molar-refractivity contribution < 1.29 is 14.0 Å². The molecular weight excluding hydrogens is 357 g/mol. The number of hydrogen-bond donors (Lipinski definition) is 1. The summed E-state index contributed by atoms with van der Waals surface area (Å²) in [4.78, 5) is 32.2. The zero-order valence-corrected chi connectivity index (χ0v) is 16.0. The molecule has 3 heterocycles. The van der Waals surface area contributed by atoms with Crippen LogP contribution in [-0.2, 0) is 6.42 Å². The van der Waals surface area contributed by atoms with E-state index in [2.05, 4.69) is 9.88 Å². The normalized spacial score (nSPS) is 20.0. The number of hydrogen-bond acceptors (Lipinski definition) is 3. The van der Waals surface area contributed by atoms with E-state index in [9.17, 15) is 14.0 Å². The van der Waals surface area contributed by atoms with Gasteiger partial charge in [-0.15, -0.1) is 0 Å². The molecule has 4 rings (SSSR count). The minimum Gasteiger partial charge on any atom is -0.356 e. The maximum atomic E-state index is 13.4. The first-order valence-corrected chi connectivity index (χ1v) is 10.1. The summed E-state index contributed by atoms with van der Waals surface area (Å²) in [7, 11) is 0. The number of Topliss-reactive ketones (excluding diaryl/α,β-unsaturated/α-hetero) is 1. The molecule has 1 unspecified atom stereocenters. The Morgan fingerprint density at radius 2 is 1.93 bits per heavy atom. The Bertz CT molecular complexity index is 857. The van der Waals surface area contributed by atoms with Crippen molar-refractivity contribution >= 4 is 11.7 Å². The molecular formula is C22H26FN3O2. The Morgan fingerprint density at radius 1 is 1.11 bits per heavy atom. The molecule has 0 bridgehead atoms. The molecule has 2 aliphatic heterocycles. The zero-order valence-electron chi connectivity index (χ0n) is 16.0. The van der Waals surface area contributed by atoms with Gasteiger partial charge in [-0.25, -0.2) is 4.39 Å². The van der Waals surface area contributed by atoms with Crippen molar-refractivity contribution in [2.45, 2.75) is 38.1 Å². The van der Waals surface area contributed by atoms with Crippen LogP contribution in [0, 0.1) is 5.82 Å². The van der Waals surface area contributed by atoms with Gasteiger partial charge in [-0.3, -0.25) is 14.5 Å². The van der Waals surface area contributed by atoms with Crippen molar-refractivity contribution in [1.82, 2.24) is 14.8 Å². The third-order valence-corrected chi connectivity index (χ3v) is 5.83. The van der Waals surface area contributed by atoms with Gasteiger partial charge >= 0.3 is 0 Å². The Kier molecular flexibility index (Phi) is 5.57. The summed E-state index contributed by atoms with van der Waals surface area (Å²) in [6, 6.07) is 8.61. The second-order valence-corrected chi connectivity index (χ2v) is 7.83. The molecule has 1 amide bonds. The number of aromatic nitrogens is 1. The van der Waals surface area contributed by atoms with Crippen molar-refractivity contribution in [3.05, 3.63) is 59.2 Å². The van der Waals surface area contributed by atoms with E-state index in [1.165, 1.54) is 6.07 Å². The minimum atomic E-state index is -0.222. The average Bonchev–Trinajstić information content (AvgIpc) is 3.44. The van der Waals surface area contributed by atoms with E-state index in [0.717, 1.165) is 57.3 Å². The highest BCUT2D eigenvalue weighted by atomic mass is 19.1. The van der Waals surface area contributed by atoms with Crippen LogP contribution in [0.3, 0.4) is 0 Å². The average molecular weight is 383 g/mol. The second-order valence-electron chi connectivity index (χ2n) is 7.83. The number of halogens is 1. The molecule has 1 atom stereocenters. The van der Waals surface area contributed by atoms with Gasteiger partial charge in [0, 0.05) is 30.9 Å². The first-order chi connectivity index (χ1) is 13.6. The van der Waals surface area contributed by atoms with Gasteiger partial charge in [-0.1, -0.05) is 12.1 Å². The lowest BCUT2D eigenvalue weighted by atomic mass is 10.0. The predicted molar refractivity (Wildman–Crippen MR) is 105 cm³/mol. The summed E-state index contributed by atoms with van der Waals surface area (Å²) in [5, 5.41) is 0. The first-order valence-electron chi connectivity index (χ1n) is 10.1. The number of nitrogens with one attached hydrogen (secondary N) is 1. The number of ketones is 1. The third kappa shape index (κ3) is 4.17. The van der Waals surface area contributed by atoms with Crippen LogP contribution in [0.5, 0.6) is 0 Å². The summed E-state index contributed by atoms with van der Waals surface area (Å²) in [5.74, 6) is -0.231. The van der Waals surface area contributed by atoms with Crippen LogP contribution in [0.4, 0.5) is 4.39 Å². The Morgan fingerprint density at radius 3 is 2.71 bits per heavy atom. The molecule has 2 aliphatic rings. The topological polar surface area (TPSA) is 56.4 Å². The standard InChI is InChI=1S/C22H26FN3O2/c23-18-6-3-5-16(11-18)12-19-7-4-10-26(19)15-21(27)17-13-20(24-14-17)22(28)25-8-1-2-9-25/h3,5-6,11,13-14,19,24H,1-2,4,7-10,12,15H2. The molecule has 148 valence electrons. The molecule has 0 radical (unpaired) electrons. The summed E-state index contributed by atoms with van der Waals surface area (Å²) < 4.78 is 13.4. The van der Waals surface area contributed by atoms with Gasteiger partial charge in [0.15, 0.2) is 5.78 Å². The highest BCUT2D eigenvalue weighted by Gasteiger charge is 2.28. The van der Waals surface area contributed by atoms with Crippen LogP contribution in [0.2, 0.25) is 0 Å². The number of carbonyl (C=O) groups is 2. The SMILES string of the molecule is O=C(CN1CCCC1Cc1cccc(F)c1)c1c[nH]c(C(=O)N2CCCC2)c1. The smallest absolute Gasteiger partial charge is 0.270 e. The van der Waals surface area contributed by atoms with Gasteiger partial charge in [0.2, 0.25) is 0 Å². The summed E-state index contributed by atoms with van der Waals surface area (Å²) in [6.07, 6.45) is 6.52. The fourth-order valence-corrected chi connectivity index (χ4v) is 4.32. The van der Waals surface area contributed by atoms with Gasteiger partial charge in [0.05, 0.1) is 6.54 Å². The molecule has 2 fully saturated rings. The van der Waals surface area contributed by atoms with Gasteiger partial charge in [-0.05, 0) is 62.4 Å². The van der Waals surface area contributed by atoms with E-state index in [-0.39, 0.29) is 23.5 Å². The Balaban J connectivity index is 1.38. The third-order valence-electron chi connectivity index (χ3n) is 5.83. The second kappa shape index (κ2) is 8.27. The van der Waals surface area contributed by atoms with Crippen LogP contribution in [0.15, 0.2) is 36.5 Å². The molecule has 2 aromatic rings. The number of benzene rings is 1. The Hall–Kier alpha value is -2.47. The lowest BCUT2D eigenvalue weighted by Crippen LogP contribution is -2.35. The predicted octanol–water partition coefficient (Wildman–Crippen LogP) is 3.28. The Labute approximate surface area is 164 Å². The van der Waals surface area contributed by atoms with Crippen molar-refractivity contribution in [3.8, 4) is 0 Å². The molecule has 5 nitrogen and oxygen atoms in total. The number of nitrogens with zero attached hydrogens (tertiary/aromatic N) is 2. The summed E-state index contributed by atoms with van der Waals surface area (Å²) in [6.45, 7) is 2.78. The van der Waals surface area contributed by atoms with Gasteiger partial charge in [-0.2, -0.15) is 0 Å². The number of H-pyrrole nitrogens is 1. The number of amides is 1. The highest BCUT2D eigenvalue weighted by Crippen LogP contribution is 2.22. The maximum absolute atomic E-state index is 13.4. The quantitative estimate of drug-likeness (QED) is 0.779. The molecule has 6 heteroatoms. The monoisotopic (exact) mass is 383 g/mol. The molecule has 0 aliphatic carbocycles. The number of rotatable bonds is 6. The van der Waals surface area contributed by atoms with E-state index in [4.69, 9.17) is 0 Å². The largest absolute Gasteiger partial charge is 0.356 e. The fourth-order valence-electron chi connectivity index (χ4n) is 4.32. The molecule has 1 aromatic carbocycles. The molecule has 1 N–H and O–H groups in total. The van der Waals surface area contributed by atoms with E-state index in [0.29, 0.717) is 17.8 Å². The van der Waals surface area contributed by atoms with Crippen molar-refractivity contribution in [1.29, 1.82) is 0 Å². The highest BCUT2D eigenvalue weighted by molar-refractivity contribution is 6.01. The van der Waals surface area contributed by atoms with E-state index < -0.39 is 0 Å². The van der Waals surface area contributed by atoms with Gasteiger partial charge in [0.1, 0.15) is 11.5 Å². The van der Waals surface area contributed by atoms with Crippen LogP contribution in [0.1, 0.15) is 52.1 Å². The number of carbonyl (C=O) groups excluding carboxylic acids is 2. The summed E-state index contributed by atoms with van der Waals surface area (Å²) in [5.41, 5.74) is 2.01. The first kappa shape index (κ1) is 18.9. The fraction of sp³-hybridized carbons (Fsp3) is 0.455. The van der Waals surface area contributed by atoms with Crippen LogP contribution >= 0.6 is 0 Å². The van der Waals surface area contributed by atoms with E-state index in [1.807, 2.05) is 11.0 Å². The van der Waals surface area contributed by atoms with Crippen molar-refractivity contribution in [2.24, 2.45) is 0 Å². The van der Waals surface area contributed by atoms with Crippen LogP contribution in [0.25, 0.3) is 0 Å². The zero-order chi connectivity index (χ0) is 19.5. The van der Waals surface area contributed by atoms with Gasteiger partial charge < -0.3 is 9.88 Å². The molecule has 2 saturated heterocycles. The van der Waals surface area contributed by atoms with E-state index >= 15 is 0 Å².